The van der Waals surface area contributed by atoms with Crippen LogP contribution in [0.15, 0.2) is 6.20 Å². The second-order valence-corrected chi connectivity index (χ2v) is 3.44. The first-order valence-corrected chi connectivity index (χ1v) is 5.40. The maximum absolute atomic E-state index is 11.5. The fourth-order valence-electron chi connectivity index (χ4n) is 1.39. The van der Waals surface area contributed by atoms with Crippen LogP contribution in [-0.4, -0.2) is 22.4 Å². The van der Waals surface area contributed by atoms with Gasteiger partial charge in [0.25, 0.3) is 0 Å². The quantitative estimate of drug-likeness (QED) is 0.699. The van der Waals surface area contributed by atoms with E-state index in [4.69, 9.17) is 4.74 Å². The molecule has 1 aromatic heterocycles. The van der Waals surface area contributed by atoms with E-state index in [1.165, 1.54) is 0 Å². The standard InChI is InChI=1S/C11H18N2O2/c1-4-6-7-13-9(3)10(8-12-13)11(14)15-5-2/h8H,4-7H2,1-3H3. The smallest absolute Gasteiger partial charge is 0.341 e. The number of carbonyl (C=O) groups is 1. The summed E-state index contributed by atoms with van der Waals surface area (Å²) >= 11 is 0. The van der Waals surface area contributed by atoms with Gasteiger partial charge in [0.15, 0.2) is 0 Å². The normalized spacial score (nSPS) is 10.3. The Labute approximate surface area is 90.2 Å². The number of hydrogen-bond acceptors (Lipinski definition) is 3. The number of rotatable bonds is 5. The lowest BCUT2D eigenvalue weighted by Gasteiger charge is -2.04. The van der Waals surface area contributed by atoms with Gasteiger partial charge in [0.2, 0.25) is 0 Å². The van der Waals surface area contributed by atoms with Crippen LogP contribution in [0.25, 0.3) is 0 Å². The molecule has 4 heteroatoms. The van der Waals surface area contributed by atoms with E-state index in [-0.39, 0.29) is 5.97 Å². The van der Waals surface area contributed by atoms with Crippen LogP contribution in [0.2, 0.25) is 0 Å². The second kappa shape index (κ2) is 5.53. The van der Waals surface area contributed by atoms with Gasteiger partial charge in [-0.3, -0.25) is 4.68 Å². The molecule has 0 aliphatic carbocycles. The van der Waals surface area contributed by atoms with Gasteiger partial charge in [0.05, 0.1) is 12.8 Å². The molecule has 0 amide bonds. The van der Waals surface area contributed by atoms with Crippen molar-refractivity contribution >= 4 is 5.97 Å². The van der Waals surface area contributed by atoms with Gasteiger partial charge in [-0.15, -0.1) is 0 Å². The maximum Gasteiger partial charge on any atom is 0.341 e. The zero-order chi connectivity index (χ0) is 11.3. The minimum atomic E-state index is -0.280. The predicted octanol–water partition coefficient (Wildman–Crippen LogP) is 2.17. The summed E-state index contributed by atoms with van der Waals surface area (Å²) in [7, 11) is 0. The fourth-order valence-corrected chi connectivity index (χ4v) is 1.39. The summed E-state index contributed by atoms with van der Waals surface area (Å²) in [5.74, 6) is -0.280. The molecule has 0 unspecified atom stereocenters. The Hall–Kier alpha value is -1.32. The number of nitrogens with zero attached hydrogens (tertiary/aromatic N) is 2. The topological polar surface area (TPSA) is 44.1 Å². The highest BCUT2D eigenvalue weighted by atomic mass is 16.5. The summed E-state index contributed by atoms with van der Waals surface area (Å²) in [6.45, 7) is 7.09. The van der Waals surface area contributed by atoms with Gasteiger partial charge in [-0.1, -0.05) is 13.3 Å². The van der Waals surface area contributed by atoms with E-state index in [0.717, 1.165) is 25.1 Å². The van der Waals surface area contributed by atoms with Crippen LogP contribution < -0.4 is 0 Å². The molecule has 0 aromatic carbocycles. The van der Waals surface area contributed by atoms with Crippen LogP contribution in [0.4, 0.5) is 0 Å². The van der Waals surface area contributed by atoms with Gasteiger partial charge in [0, 0.05) is 12.2 Å². The number of ether oxygens (including phenoxy) is 1. The number of hydrogen-bond donors (Lipinski definition) is 0. The first-order valence-electron chi connectivity index (χ1n) is 5.40. The van der Waals surface area contributed by atoms with Gasteiger partial charge in [0.1, 0.15) is 5.56 Å². The molecule has 0 N–H and O–H groups in total. The summed E-state index contributed by atoms with van der Waals surface area (Å²) in [4.78, 5) is 11.5. The van der Waals surface area contributed by atoms with Crippen LogP contribution in [0, 0.1) is 6.92 Å². The molecule has 1 heterocycles. The van der Waals surface area contributed by atoms with E-state index in [0.29, 0.717) is 12.2 Å². The number of esters is 1. The molecule has 0 aliphatic rings. The summed E-state index contributed by atoms with van der Waals surface area (Å²) in [6, 6.07) is 0. The SMILES string of the molecule is CCCCn1ncc(C(=O)OCC)c1C. The number of unbranched alkanes of at least 4 members (excludes halogenated alkanes) is 1. The first kappa shape index (κ1) is 11.8. The summed E-state index contributed by atoms with van der Waals surface area (Å²) in [5, 5.41) is 4.17. The molecule has 0 fully saturated rings. The van der Waals surface area contributed by atoms with Crippen molar-refractivity contribution in [1.29, 1.82) is 0 Å². The third kappa shape index (κ3) is 2.81. The van der Waals surface area contributed by atoms with Gasteiger partial charge in [-0.25, -0.2) is 4.79 Å². The van der Waals surface area contributed by atoms with Crippen LogP contribution >= 0.6 is 0 Å². The molecule has 0 saturated heterocycles. The average Bonchev–Trinajstić information content (AvgIpc) is 2.57. The monoisotopic (exact) mass is 210 g/mol. The first-order chi connectivity index (χ1) is 7.20. The third-order valence-corrected chi connectivity index (χ3v) is 2.32. The highest BCUT2D eigenvalue weighted by molar-refractivity contribution is 5.90. The van der Waals surface area contributed by atoms with Crippen molar-refractivity contribution in [3.8, 4) is 0 Å². The third-order valence-electron chi connectivity index (χ3n) is 2.32. The lowest BCUT2D eigenvalue weighted by atomic mass is 10.2. The summed E-state index contributed by atoms with van der Waals surface area (Å²) < 4.78 is 6.79. The Morgan fingerprint density at radius 3 is 2.87 bits per heavy atom. The molecule has 0 radical (unpaired) electrons. The van der Waals surface area contributed by atoms with Gasteiger partial charge in [-0.2, -0.15) is 5.10 Å². The molecule has 0 saturated carbocycles. The molecule has 4 nitrogen and oxygen atoms in total. The minimum absolute atomic E-state index is 0.280. The molecule has 0 bridgehead atoms. The molecule has 0 aliphatic heterocycles. The maximum atomic E-state index is 11.5. The molecule has 1 rings (SSSR count). The molecule has 0 spiro atoms. The van der Waals surface area contributed by atoms with Crippen LogP contribution in [-0.2, 0) is 11.3 Å². The Morgan fingerprint density at radius 1 is 1.53 bits per heavy atom. The van der Waals surface area contributed by atoms with Gasteiger partial charge < -0.3 is 4.74 Å². The van der Waals surface area contributed by atoms with Crippen LogP contribution in [0.3, 0.4) is 0 Å². The zero-order valence-electron chi connectivity index (χ0n) is 9.62. The van der Waals surface area contributed by atoms with Gasteiger partial charge in [-0.05, 0) is 20.3 Å². The minimum Gasteiger partial charge on any atom is -0.462 e. The van der Waals surface area contributed by atoms with E-state index in [1.807, 2.05) is 11.6 Å². The lowest BCUT2D eigenvalue weighted by molar-refractivity contribution is 0.0525. The van der Waals surface area contributed by atoms with E-state index >= 15 is 0 Å². The Balaban J connectivity index is 2.74. The van der Waals surface area contributed by atoms with Gasteiger partial charge >= 0.3 is 5.97 Å². The van der Waals surface area contributed by atoms with Crippen molar-refractivity contribution in [3.63, 3.8) is 0 Å². The lowest BCUT2D eigenvalue weighted by Crippen LogP contribution is -2.07. The number of aryl methyl sites for hydroxylation is 1. The molecule has 1 aromatic rings. The van der Waals surface area contributed by atoms with Crippen molar-refractivity contribution < 1.29 is 9.53 Å². The van der Waals surface area contributed by atoms with E-state index in [1.54, 1.807) is 13.1 Å². The highest BCUT2D eigenvalue weighted by Gasteiger charge is 2.14. The molecular formula is C11H18N2O2. The Kier molecular flexibility index (Phi) is 4.34. The molecule has 84 valence electrons. The van der Waals surface area contributed by atoms with Crippen molar-refractivity contribution in [2.75, 3.05) is 6.61 Å². The number of aromatic nitrogens is 2. The second-order valence-electron chi connectivity index (χ2n) is 3.44. The molecule has 0 atom stereocenters. The largest absolute Gasteiger partial charge is 0.462 e. The van der Waals surface area contributed by atoms with Crippen LogP contribution in [0.1, 0.15) is 42.7 Å². The summed E-state index contributed by atoms with van der Waals surface area (Å²) in [5.41, 5.74) is 1.47. The van der Waals surface area contributed by atoms with Crippen molar-refractivity contribution in [1.82, 2.24) is 9.78 Å². The molecular weight excluding hydrogens is 192 g/mol. The Bertz CT molecular complexity index is 331. The zero-order valence-corrected chi connectivity index (χ0v) is 9.62. The predicted molar refractivity (Wildman–Crippen MR) is 57.8 cm³/mol. The highest BCUT2D eigenvalue weighted by Crippen LogP contribution is 2.09. The van der Waals surface area contributed by atoms with Crippen molar-refractivity contribution in [2.45, 2.75) is 40.2 Å². The van der Waals surface area contributed by atoms with E-state index in [9.17, 15) is 4.79 Å². The summed E-state index contributed by atoms with van der Waals surface area (Å²) in [6.07, 6.45) is 3.78. The fraction of sp³-hybridized carbons (Fsp3) is 0.636. The molecule has 15 heavy (non-hydrogen) atoms. The van der Waals surface area contributed by atoms with Crippen molar-refractivity contribution in [2.24, 2.45) is 0 Å². The van der Waals surface area contributed by atoms with Crippen molar-refractivity contribution in [3.05, 3.63) is 17.5 Å². The Morgan fingerprint density at radius 2 is 2.27 bits per heavy atom. The average molecular weight is 210 g/mol. The van der Waals surface area contributed by atoms with Crippen LogP contribution in [0.5, 0.6) is 0 Å². The number of carbonyl (C=O) groups excluding carboxylic acids is 1. The van der Waals surface area contributed by atoms with E-state index < -0.39 is 0 Å². The van der Waals surface area contributed by atoms with E-state index in [2.05, 4.69) is 12.0 Å².